The molecule has 0 bridgehead atoms. The Bertz CT molecular complexity index is 525. The van der Waals surface area contributed by atoms with Crippen LogP contribution in [0.5, 0.6) is 5.75 Å². The predicted octanol–water partition coefficient (Wildman–Crippen LogP) is 3.75. The Balaban J connectivity index is 2.05. The van der Waals surface area contributed by atoms with E-state index >= 15 is 0 Å². The molecule has 1 fully saturated rings. The van der Waals surface area contributed by atoms with Crippen molar-refractivity contribution < 1.29 is 9.47 Å². The van der Waals surface area contributed by atoms with Crippen molar-refractivity contribution in [2.24, 2.45) is 0 Å². The molecule has 2 aromatic rings. The van der Waals surface area contributed by atoms with Crippen LogP contribution >= 0.6 is 0 Å². The highest BCUT2D eigenvalue weighted by Crippen LogP contribution is 2.42. The minimum absolute atomic E-state index is 0.284. The van der Waals surface area contributed by atoms with Gasteiger partial charge in [0.1, 0.15) is 11.4 Å². The molecule has 0 amide bonds. The van der Waals surface area contributed by atoms with Gasteiger partial charge < -0.3 is 9.47 Å². The zero-order chi connectivity index (χ0) is 13.1. The van der Waals surface area contributed by atoms with Gasteiger partial charge in [-0.25, -0.2) is 0 Å². The van der Waals surface area contributed by atoms with E-state index in [0.29, 0.717) is 0 Å². The number of hydrogen-bond acceptors (Lipinski definition) is 2. The van der Waals surface area contributed by atoms with Crippen molar-refractivity contribution in [3.05, 3.63) is 65.7 Å². The summed E-state index contributed by atoms with van der Waals surface area (Å²) in [5.74, 6) is 0.880. The van der Waals surface area contributed by atoms with Crippen LogP contribution in [0.2, 0.25) is 0 Å². The van der Waals surface area contributed by atoms with Crippen LogP contribution in [-0.4, -0.2) is 13.7 Å². The Morgan fingerprint density at radius 3 is 2.21 bits per heavy atom. The Hall–Kier alpha value is -1.80. The van der Waals surface area contributed by atoms with E-state index in [2.05, 4.69) is 36.4 Å². The second-order valence-electron chi connectivity index (χ2n) is 4.87. The first-order valence-electron chi connectivity index (χ1n) is 6.69. The summed E-state index contributed by atoms with van der Waals surface area (Å²) in [5.41, 5.74) is 2.16. The van der Waals surface area contributed by atoms with E-state index in [1.807, 2.05) is 18.2 Å². The lowest BCUT2D eigenvalue weighted by atomic mass is 9.84. The fourth-order valence-electron chi connectivity index (χ4n) is 2.83. The summed E-state index contributed by atoms with van der Waals surface area (Å²) in [6.45, 7) is 0.820. The van der Waals surface area contributed by atoms with E-state index in [0.717, 1.165) is 25.2 Å². The number of hydrogen-bond donors (Lipinski definition) is 0. The van der Waals surface area contributed by atoms with Gasteiger partial charge in [-0.15, -0.1) is 0 Å². The largest absolute Gasteiger partial charge is 0.497 e. The summed E-state index contributed by atoms with van der Waals surface area (Å²) in [7, 11) is 1.69. The normalized spacial score (nSPS) is 22.4. The minimum Gasteiger partial charge on any atom is -0.497 e. The maximum Gasteiger partial charge on any atom is 0.118 e. The molecule has 1 aliphatic heterocycles. The maximum atomic E-state index is 6.15. The summed E-state index contributed by atoms with van der Waals surface area (Å²) in [6, 6.07) is 18.7. The van der Waals surface area contributed by atoms with Crippen LogP contribution in [0, 0.1) is 0 Å². The molecule has 2 nitrogen and oxygen atoms in total. The van der Waals surface area contributed by atoms with Gasteiger partial charge in [-0.05, 0) is 36.1 Å². The third-order valence-corrected chi connectivity index (χ3v) is 3.82. The average Bonchev–Trinajstić information content (AvgIpc) is 2.99. The Morgan fingerprint density at radius 1 is 0.947 bits per heavy atom. The average molecular weight is 254 g/mol. The molecule has 3 rings (SSSR count). The monoisotopic (exact) mass is 254 g/mol. The van der Waals surface area contributed by atoms with E-state index in [1.54, 1.807) is 7.11 Å². The maximum absolute atomic E-state index is 6.15. The first-order chi connectivity index (χ1) is 9.35. The van der Waals surface area contributed by atoms with E-state index in [9.17, 15) is 0 Å². The van der Waals surface area contributed by atoms with Crippen LogP contribution in [0.15, 0.2) is 54.6 Å². The number of rotatable bonds is 3. The lowest BCUT2D eigenvalue weighted by Gasteiger charge is -2.29. The molecule has 98 valence electrons. The minimum atomic E-state index is -0.284. The van der Waals surface area contributed by atoms with Crippen molar-refractivity contribution in [2.45, 2.75) is 18.4 Å². The number of benzene rings is 2. The third-order valence-electron chi connectivity index (χ3n) is 3.82. The fourth-order valence-corrected chi connectivity index (χ4v) is 2.83. The third kappa shape index (κ3) is 2.13. The molecular formula is C17H18O2. The van der Waals surface area contributed by atoms with Gasteiger partial charge in [-0.1, -0.05) is 42.5 Å². The van der Waals surface area contributed by atoms with Crippen molar-refractivity contribution in [3.63, 3.8) is 0 Å². The van der Waals surface area contributed by atoms with Crippen LogP contribution in [0.1, 0.15) is 24.0 Å². The zero-order valence-corrected chi connectivity index (χ0v) is 11.1. The second kappa shape index (κ2) is 5.06. The summed E-state index contributed by atoms with van der Waals surface area (Å²) < 4.78 is 11.4. The van der Waals surface area contributed by atoms with Crippen LogP contribution in [0.25, 0.3) is 0 Å². The highest BCUT2D eigenvalue weighted by atomic mass is 16.5. The van der Waals surface area contributed by atoms with Crippen molar-refractivity contribution in [3.8, 4) is 5.75 Å². The molecule has 0 saturated carbocycles. The van der Waals surface area contributed by atoms with Crippen molar-refractivity contribution >= 4 is 0 Å². The topological polar surface area (TPSA) is 18.5 Å². The van der Waals surface area contributed by atoms with Gasteiger partial charge in [0, 0.05) is 6.61 Å². The molecule has 0 aliphatic carbocycles. The van der Waals surface area contributed by atoms with Crippen LogP contribution in [0.3, 0.4) is 0 Å². The summed E-state index contributed by atoms with van der Waals surface area (Å²) in [5, 5.41) is 0. The van der Waals surface area contributed by atoms with Gasteiger partial charge in [0.05, 0.1) is 7.11 Å². The summed E-state index contributed by atoms with van der Waals surface area (Å²) in [6.07, 6.45) is 2.13. The van der Waals surface area contributed by atoms with Gasteiger partial charge in [-0.3, -0.25) is 0 Å². The Labute approximate surface area is 114 Å². The molecule has 2 heteroatoms. The highest BCUT2D eigenvalue weighted by molar-refractivity contribution is 5.39. The van der Waals surface area contributed by atoms with E-state index in [1.165, 1.54) is 11.1 Å². The van der Waals surface area contributed by atoms with E-state index < -0.39 is 0 Å². The zero-order valence-electron chi connectivity index (χ0n) is 11.1. The Kier molecular flexibility index (Phi) is 3.26. The van der Waals surface area contributed by atoms with Crippen molar-refractivity contribution in [2.75, 3.05) is 13.7 Å². The number of ether oxygens (including phenoxy) is 2. The molecule has 0 aromatic heterocycles. The molecular weight excluding hydrogens is 236 g/mol. The molecule has 19 heavy (non-hydrogen) atoms. The van der Waals surface area contributed by atoms with Gasteiger partial charge in [0.15, 0.2) is 0 Å². The lowest BCUT2D eigenvalue weighted by molar-refractivity contribution is 0.0359. The van der Waals surface area contributed by atoms with Gasteiger partial charge in [0.25, 0.3) is 0 Å². The smallest absolute Gasteiger partial charge is 0.118 e. The molecule has 2 aromatic carbocycles. The molecule has 1 saturated heterocycles. The Morgan fingerprint density at radius 2 is 1.63 bits per heavy atom. The van der Waals surface area contributed by atoms with Crippen LogP contribution in [0.4, 0.5) is 0 Å². The molecule has 1 heterocycles. The quantitative estimate of drug-likeness (QED) is 0.830. The molecule has 1 aliphatic rings. The van der Waals surface area contributed by atoms with E-state index in [-0.39, 0.29) is 5.60 Å². The first-order valence-corrected chi connectivity index (χ1v) is 6.69. The summed E-state index contributed by atoms with van der Waals surface area (Å²) in [4.78, 5) is 0. The number of methoxy groups -OCH3 is 1. The first kappa shape index (κ1) is 12.2. The van der Waals surface area contributed by atoms with E-state index in [4.69, 9.17) is 9.47 Å². The molecule has 0 radical (unpaired) electrons. The molecule has 1 unspecified atom stereocenters. The molecule has 0 spiro atoms. The van der Waals surface area contributed by atoms with Gasteiger partial charge in [0.2, 0.25) is 0 Å². The second-order valence-corrected chi connectivity index (χ2v) is 4.87. The van der Waals surface area contributed by atoms with Gasteiger partial charge >= 0.3 is 0 Å². The fraction of sp³-hybridized carbons (Fsp3) is 0.294. The SMILES string of the molecule is COc1ccc(C2(c3ccccc3)CCCO2)cc1. The van der Waals surface area contributed by atoms with Gasteiger partial charge in [-0.2, -0.15) is 0 Å². The molecule has 0 N–H and O–H groups in total. The molecule has 1 atom stereocenters. The summed E-state index contributed by atoms with van der Waals surface area (Å²) >= 11 is 0. The van der Waals surface area contributed by atoms with Crippen LogP contribution in [-0.2, 0) is 10.3 Å². The van der Waals surface area contributed by atoms with Crippen molar-refractivity contribution in [1.29, 1.82) is 0 Å². The predicted molar refractivity (Wildman–Crippen MR) is 75.4 cm³/mol. The van der Waals surface area contributed by atoms with Crippen LogP contribution < -0.4 is 4.74 Å². The highest BCUT2D eigenvalue weighted by Gasteiger charge is 2.38. The standard InChI is InChI=1S/C17H18O2/c1-18-16-10-8-15(9-11-16)17(12-5-13-19-17)14-6-3-2-4-7-14/h2-4,6-11H,5,12-13H2,1H3. The van der Waals surface area contributed by atoms with Crippen molar-refractivity contribution in [1.82, 2.24) is 0 Å². The lowest BCUT2D eigenvalue weighted by Crippen LogP contribution is -2.26.